The zero-order valence-corrected chi connectivity index (χ0v) is 18.7. The Hall–Kier alpha value is -5.06. The number of carbonyl (C=O) groups is 2. The third-order valence-corrected chi connectivity index (χ3v) is 5.32. The van der Waals surface area contributed by atoms with E-state index in [0.29, 0.717) is 29.3 Å². The number of hydrazine groups is 1. The molecule has 11 heteroatoms. The van der Waals surface area contributed by atoms with Crippen molar-refractivity contribution in [2.24, 2.45) is 7.05 Å². The molecule has 0 saturated carbocycles. The molecule has 0 aliphatic rings. The van der Waals surface area contributed by atoms with Crippen molar-refractivity contribution in [1.29, 1.82) is 0 Å². The summed E-state index contributed by atoms with van der Waals surface area (Å²) in [6.45, 7) is 0.404. The minimum atomic E-state index is -0.474. The predicted octanol–water partition coefficient (Wildman–Crippen LogP) is 1.99. The average Bonchev–Trinajstić information content (AvgIpc) is 3.65. The van der Waals surface area contributed by atoms with Crippen molar-refractivity contribution in [2.75, 3.05) is 0 Å². The zero-order chi connectivity index (χ0) is 24.2. The molecule has 3 aromatic heterocycles. The molecule has 0 radical (unpaired) electrons. The van der Waals surface area contributed by atoms with E-state index in [1.807, 2.05) is 54.9 Å². The highest BCUT2D eigenvalue weighted by molar-refractivity contribution is 6.00. The smallest absolute Gasteiger partial charge is 0.275 e. The summed E-state index contributed by atoms with van der Waals surface area (Å²) in [6.07, 6.45) is 5.07. The highest BCUT2D eigenvalue weighted by Gasteiger charge is 2.18. The molecule has 5 rings (SSSR count). The number of aryl methyl sites for hydroxylation is 1. The van der Waals surface area contributed by atoms with E-state index in [-0.39, 0.29) is 0 Å². The van der Waals surface area contributed by atoms with Gasteiger partial charge in [-0.1, -0.05) is 42.5 Å². The molecular formula is C24H21N9O2. The van der Waals surface area contributed by atoms with Crippen LogP contribution in [-0.4, -0.2) is 46.4 Å². The second kappa shape index (κ2) is 9.43. The van der Waals surface area contributed by atoms with Gasteiger partial charge in [0.1, 0.15) is 11.4 Å². The third kappa shape index (κ3) is 4.69. The SMILES string of the molecule is Cn1ncc(C(=O)NNC(=O)c2ccc(Cn3nnc(-c4ccccc4)n3)cc2)c1-n1cccc1. The molecule has 2 amide bonds. The van der Waals surface area contributed by atoms with Gasteiger partial charge in [-0.15, -0.1) is 10.2 Å². The summed E-state index contributed by atoms with van der Waals surface area (Å²) in [6, 6.07) is 20.2. The van der Waals surface area contributed by atoms with Gasteiger partial charge < -0.3 is 4.57 Å². The Bertz CT molecular complexity index is 1450. The maximum absolute atomic E-state index is 12.7. The summed E-state index contributed by atoms with van der Waals surface area (Å²) < 4.78 is 3.36. The largest absolute Gasteiger partial charge is 0.308 e. The van der Waals surface area contributed by atoms with Crippen LogP contribution in [0.15, 0.2) is 85.3 Å². The predicted molar refractivity (Wildman–Crippen MR) is 126 cm³/mol. The maximum atomic E-state index is 12.7. The first-order chi connectivity index (χ1) is 17.1. The van der Waals surface area contributed by atoms with Crippen LogP contribution in [0.5, 0.6) is 0 Å². The second-order valence-corrected chi connectivity index (χ2v) is 7.71. The third-order valence-electron chi connectivity index (χ3n) is 5.32. The van der Waals surface area contributed by atoms with Crippen molar-refractivity contribution in [1.82, 2.24) is 45.4 Å². The van der Waals surface area contributed by atoms with Crippen LogP contribution in [0.4, 0.5) is 0 Å². The topological polar surface area (TPSA) is 125 Å². The first-order valence-corrected chi connectivity index (χ1v) is 10.8. The number of nitrogens with one attached hydrogen (secondary N) is 2. The number of aromatic nitrogens is 7. The Labute approximate surface area is 200 Å². The normalized spacial score (nSPS) is 10.8. The van der Waals surface area contributed by atoms with E-state index in [1.54, 1.807) is 40.6 Å². The van der Waals surface area contributed by atoms with Crippen molar-refractivity contribution in [3.05, 3.63) is 102 Å². The van der Waals surface area contributed by atoms with E-state index in [4.69, 9.17) is 0 Å². The summed E-state index contributed by atoms with van der Waals surface area (Å²) in [5.74, 6) is 0.217. The molecule has 5 aromatic rings. The van der Waals surface area contributed by atoms with Crippen LogP contribution < -0.4 is 10.9 Å². The maximum Gasteiger partial charge on any atom is 0.275 e. The molecule has 0 unspecified atom stereocenters. The molecule has 2 N–H and O–H groups in total. The fourth-order valence-corrected chi connectivity index (χ4v) is 3.56. The molecule has 35 heavy (non-hydrogen) atoms. The summed E-state index contributed by atoms with van der Waals surface area (Å²) in [4.78, 5) is 26.7. The van der Waals surface area contributed by atoms with Gasteiger partial charge in [0.2, 0.25) is 5.82 Å². The number of carbonyl (C=O) groups excluding carboxylic acids is 2. The van der Waals surface area contributed by atoms with Gasteiger partial charge in [0.15, 0.2) is 0 Å². The minimum absolute atomic E-state index is 0.328. The summed E-state index contributed by atoms with van der Waals surface area (Å²) >= 11 is 0. The molecular weight excluding hydrogens is 446 g/mol. The molecule has 174 valence electrons. The van der Waals surface area contributed by atoms with Crippen LogP contribution in [0, 0.1) is 0 Å². The van der Waals surface area contributed by atoms with Gasteiger partial charge in [-0.3, -0.25) is 25.1 Å². The van der Waals surface area contributed by atoms with Crippen LogP contribution in [0.25, 0.3) is 17.2 Å². The van der Waals surface area contributed by atoms with Gasteiger partial charge in [0, 0.05) is 30.6 Å². The number of rotatable bonds is 6. The Morgan fingerprint density at radius 2 is 1.60 bits per heavy atom. The first-order valence-electron chi connectivity index (χ1n) is 10.8. The highest BCUT2D eigenvalue weighted by Crippen LogP contribution is 2.14. The van der Waals surface area contributed by atoms with Gasteiger partial charge >= 0.3 is 0 Å². The summed E-state index contributed by atoms with van der Waals surface area (Å²) in [5, 5.41) is 16.7. The van der Waals surface area contributed by atoms with Crippen LogP contribution >= 0.6 is 0 Å². The number of tetrazole rings is 1. The number of hydrogen-bond acceptors (Lipinski definition) is 6. The molecule has 0 fully saturated rings. The fourth-order valence-electron chi connectivity index (χ4n) is 3.56. The molecule has 0 saturated heterocycles. The van der Waals surface area contributed by atoms with Crippen LogP contribution in [-0.2, 0) is 13.6 Å². The quantitative estimate of drug-likeness (QED) is 0.368. The van der Waals surface area contributed by atoms with E-state index >= 15 is 0 Å². The van der Waals surface area contributed by atoms with Gasteiger partial charge in [-0.2, -0.15) is 9.90 Å². The van der Waals surface area contributed by atoms with Gasteiger partial charge in [-0.05, 0) is 35.0 Å². The molecule has 0 atom stereocenters. The minimum Gasteiger partial charge on any atom is -0.308 e. The molecule has 3 heterocycles. The van der Waals surface area contributed by atoms with Crippen molar-refractivity contribution in [3.63, 3.8) is 0 Å². The number of benzene rings is 2. The zero-order valence-electron chi connectivity index (χ0n) is 18.7. The lowest BCUT2D eigenvalue weighted by Gasteiger charge is -2.10. The Kier molecular flexibility index (Phi) is 5.87. The van der Waals surface area contributed by atoms with E-state index in [2.05, 4.69) is 31.4 Å². The standard InChI is InChI=1S/C24H21N9O2/c1-31-24(32-13-5-6-14-32)20(15-25-31)23(35)28-27-22(34)19-11-9-17(10-12-19)16-33-29-21(26-30-33)18-7-3-2-4-8-18/h2-15H,16H2,1H3,(H,27,34)(H,28,35). The van der Waals surface area contributed by atoms with E-state index < -0.39 is 11.8 Å². The number of amides is 2. The monoisotopic (exact) mass is 467 g/mol. The number of hydrogen-bond donors (Lipinski definition) is 2. The van der Waals surface area contributed by atoms with Gasteiger partial charge in [0.05, 0.1) is 12.7 Å². The van der Waals surface area contributed by atoms with Crippen molar-refractivity contribution >= 4 is 11.8 Å². The first kappa shape index (κ1) is 21.8. The summed E-state index contributed by atoms with van der Waals surface area (Å²) in [7, 11) is 1.74. The molecule has 0 bridgehead atoms. The van der Waals surface area contributed by atoms with Crippen molar-refractivity contribution in [2.45, 2.75) is 6.54 Å². The molecule has 2 aromatic carbocycles. The van der Waals surface area contributed by atoms with Gasteiger partial charge in [0.25, 0.3) is 11.8 Å². The van der Waals surface area contributed by atoms with Crippen molar-refractivity contribution in [3.8, 4) is 17.2 Å². The average molecular weight is 467 g/mol. The molecule has 0 aliphatic heterocycles. The fraction of sp³-hybridized carbons (Fsp3) is 0.0833. The van der Waals surface area contributed by atoms with Crippen LogP contribution in [0.3, 0.4) is 0 Å². The van der Waals surface area contributed by atoms with E-state index in [0.717, 1.165) is 11.1 Å². The van der Waals surface area contributed by atoms with Gasteiger partial charge in [-0.25, -0.2) is 0 Å². The number of nitrogens with zero attached hydrogens (tertiary/aromatic N) is 7. The Morgan fingerprint density at radius 1 is 0.886 bits per heavy atom. The second-order valence-electron chi connectivity index (χ2n) is 7.71. The van der Waals surface area contributed by atoms with E-state index in [9.17, 15) is 9.59 Å². The Morgan fingerprint density at radius 3 is 2.34 bits per heavy atom. The lowest BCUT2D eigenvalue weighted by Crippen LogP contribution is -2.41. The Balaban J connectivity index is 1.19. The van der Waals surface area contributed by atoms with E-state index in [1.165, 1.54) is 11.0 Å². The molecule has 0 aliphatic carbocycles. The summed E-state index contributed by atoms with van der Waals surface area (Å²) in [5.41, 5.74) is 7.40. The van der Waals surface area contributed by atoms with Crippen LogP contribution in [0.2, 0.25) is 0 Å². The van der Waals surface area contributed by atoms with Crippen molar-refractivity contribution < 1.29 is 9.59 Å². The highest BCUT2D eigenvalue weighted by atomic mass is 16.2. The lowest BCUT2D eigenvalue weighted by atomic mass is 10.1. The lowest BCUT2D eigenvalue weighted by molar-refractivity contribution is 0.0846. The van der Waals surface area contributed by atoms with Crippen LogP contribution in [0.1, 0.15) is 26.3 Å². The molecule has 0 spiro atoms. The molecule has 11 nitrogen and oxygen atoms in total.